The van der Waals surface area contributed by atoms with Gasteiger partial charge in [0.25, 0.3) is 0 Å². The smallest absolute Gasteiger partial charge is 0.804 e. The molecule has 8 bridgehead atoms. The molecule has 5 heterocycles. The van der Waals surface area contributed by atoms with Crippen LogP contribution in [0.2, 0.25) is 0 Å². The van der Waals surface area contributed by atoms with Gasteiger partial charge in [0.2, 0.25) is 0 Å². The van der Waals surface area contributed by atoms with E-state index in [4.69, 9.17) is 30.0 Å². The van der Waals surface area contributed by atoms with Crippen LogP contribution in [-0.2, 0) is 19.5 Å². The van der Waals surface area contributed by atoms with Gasteiger partial charge in [-0.3, -0.25) is 0 Å². The Bertz CT molecular complexity index is 3440. The molecule has 9 aromatic rings. The Morgan fingerprint density at radius 3 is 0.973 bits per heavy atom. The van der Waals surface area contributed by atoms with Crippen molar-refractivity contribution in [3.63, 3.8) is 0 Å². The summed E-state index contributed by atoms with van der Waals surface area (Å²) in [4.78, 5) is 25.9. The molecule has 8 heteroatoms. The molecule has 0 saturated carbocycles. The summed E-state index contributed by atoms with van der Waals surface area (Å²) >= 11 is 0. The van der Waals surface area contributed by atoms with Crippen molar-refractivity contribution in [2.75, 3.05) is 0 Å². The van der Waals surface area contributed by atoms with Crippen molar-refractivity contribution in [3.8, 4) is 50.3 Å². The molecule has 74 heavy (non-hydrogen) atoms. The number of aliphatic imine (C=N–C) groups is 1. The van der Waals surface area contributed by atoms with Crippen LogP contribution < -0.4 is 9.97 Å². The summed E-state index contributed by atoms with van der Waals surface area (Å²) in [5.74, 6) is 0.322. The Morgan fingerprint density at radius 1 is 0.392 bits per heavy atom. The molecular formula is C66H51N6ORu. The molecule has 3 aliphatic rings. The third-order valence-corrected chi connectivity index (χ3v) is 12.8. The molecule has 0 spiro atoms. The molecule has 0 saturated heterocycles. The maximum absolute atomic E-state index is 9.76. The van der Waals surface area contributed by atoms with E-state index in [-0.39, 0.29) is 19.5 Å². The topological polar surface area (TPSA) is 109 Å². The monoisotopic (exact) mass is 1050 g/mol. The summed E-state index contributed by atoms with van der Waals surface area (Å²) in [5, 5.41) is 18.4. The molecule has 6 aromatic carbocycles. The number of hydrogen-bond acceptors (Lipinski definition) is 4. The Kier molecular flexibility index (Phi) is 15.4. The zero-order valence-electron chi connectivity index (χ0n) is 41.4. The molecular weight excluding hydrogens is 994 g/mol. The van der Waals surface area contributed by atoms with E-state index in [1.54, 1.807) is 24.3 Å². The van der Waals surface area contributed by atoms with Crippen LogP contribution in [0.5, 0.6) is 5.75 Å². The molecule has 1 N–H and O–H groups in total. The van der Waals surface area contributed by atoms with Gasteiger partial charge < -0.3 is 20.5 Å². The fourth-order valence-electron chi connectivity index (χ4n) is 9.23. The molecule has 3 aromatic heterocycles. The number of para-hydroxylation sites is 2. The molecule has 1 radical (unpaired) electrons. The fourth-order valence-corrected chi connectivity index (χ4v) is 9.23. The minimum atomic E-state index is 0. The van der Waals surface area contributed by atoms with E-state index in [9.17, 15) is 5.41 Å². The first-order valence-corrected chi connectivity index (χ1v) is 24.3. The Hall–Kier alpha value is -8.84. The van der Waals surface area contributed by atoms with Gasteiger partial charge in [0, 0.05) is 0 Å². The molecule has 2 aliphatic heterocycles. The van der Waals surface area contributed by atoms with Gasteiger partial charge in [0.05, 0.1) is 34.2 Å². The van der Waals surface area contributed by atoms with Crippen LogP contribution in [0.4, 0.5) is 5.69 Å². The van der Waals surface area contributed by atoms with Crippen molar-refractivity contribution in [3.05, 3.63) is 257 Å². The minimum Gasteiger partial charge on any atom is -0.804 e. The van der Waals surface area contributed by atoms with Crippen molar-refractivity contribution in [2.45, 2.75) is 27.7 Å². The second-order valence-corrected chi connectivity index (χ2v) is 17.9. The third-order valence-electron chi connectivity index (χ3n) is 12.8. The van der Waals surface area contributed by atoms with Gasteiger partial charge in [-0.25, -0.2) is 15.0 Å². The SMILES string of the molecule is C1=Cc2nc1c(-c1ccccc1)c1ccc([n-]1)c(-c1ccccc1)c1nc(c(-c3ccccc3)c3ccc([n-]3)c2-c2ccccc2)C=C1.CC1=CC(=Nc2c(C)cccc2C)C=C(C)C1=[N-].Oc1ccccc1.[Ru+3]. The van der Waals surface area contributed by atoms with Gasteiger partial charge in [0.1, 0.15) is 5.75 Å². The van der Waals surface area contributed by atoms with Crippen molar-refractivity contribution < 1.29 is 24.6 Å². The van der Waals surface area contributed by atoms with E-state index < -0.39 is 0 Å². The van der Waals surface area contributed by atoms with Crippen LogP contribution in [-0.4, -0.2) is 26.5 Å². The number of aromatic nitrogens is 4. The van der Waals surface area contributed by atoms with Gasteiger partial charge in [-0.15, -0.1) is 22.1 Å². The Morgan fingerprint density at radius 2 is 0.689 bits per heavy atom. The molecule has 0 fully saturated rings. The van der Waals surface area contributed by atoms with Crippen molar-refractivity contribution in [2.24, 2.45) is 4.99 Å². The number of phenols is 1. The zero-order chi connectivity index (χ0) is 50.3. The molecule has 0 atom stereocenters. The maximum Gasteiger partial charge on any atom is 3.00 e. The average Bonchev–Trinajstić information content (AvgIpc) is 4.28. The predicted octanol–water partition coefficient (Wildman–Crippen LogP) is 16.3. The number of fused-ring (bicyclic) bond motifs is 8. The first-order valence-electron chi connectivity index (χ1n) is 24.3. The molecule has 1 aliphatic carbocycles. The molecule has 7 nitrogen and oxygen atoms in total. The molecule has 0 amide bonds. The fraction of sp³-hybridized carbons (Fsp3) is 0.0606. The van der Waals surface area contributed by atoms with E-state index in [1.807, 2.05) is 62.4 Å². The normalized spacial score (nSPS) is 12.3. The predicted molar refractivity (Wildman–Crippen MR) is 306 cm³/mol. The van der Waals surface area contributed by atoms with Crippen LogP contribution in [0.1, 0.15) is 47.8 Å². The number of phenolic OH excluding ortho intramolecular Hbond substituents is 1. The van der Waals surface area contributed by atoms with Crippen LogP contribution in [0, 0.1) is 13.8 Å². The molecule has 359 valence electrons. The van der Waals surface area contributed by atoms with Crippen LogP contribution in [0.3, 0.4) is 0 Å². The Labute approximate surface area is 445 Å². The van der Waals surface area contributed by atoms with Crippen molar-refractivity contribution >= 4 is 63.5 Å². The summed E-state index contributed by atoms with van der Waals surface area (Å²) < 4.78 is 0. The quantitative estimate of drug-likeness (QED) is 0.136. The van der Waals surface area contributed by atoms with Crippen molar-refractivity contribution in [1.29, 1.82) is 0 Å². The van der Waals surface area contributed by atoms with E-state index in [1.165, 1.54) is 11.1 Å². The molecule has 0 unspecified atom stereocenters. The van der Waals surface area contributed by atoms with E-state index in [0.717, 1.165) is 112 Å². The van der Waals surface area contributed by atoms with E-state index in [2.05, 4.69) is 172 Å². The maximum atomic E-state index is 9.76. The van der Waals surface area contributed by atoms with Gasteiger partial charge in [-0.1, -0.05) is 193 Å². The van der Waals surface area contributed by atoms with E-state index in [0.29, 0.717) is 11.5 Å². The second kappa shape index (κ2) is 22.7. The van der Waals surface area contributed by atoms with E-state index >= 15 is 0 Å². The van der Waals surface area contributed by atoms with Gasteiger partial charge >= 0.3 is 19.5 Å². The summed E-state index contributed by atoms with van der Waals surface area (Å²) in [6.07, 6.45) is 12.2. The number of allylic oxidation sites excluding steroid dienone is 4. The Balaban J connectivity index is 0.000000213. The third kappa shape index (κ3) is 11.0. The summed E-state index contributed by atoms with van der Waals surface area (Å²) in [6, 6.07) is 64.9. The number of nitrogens with zero attached hydrogens (tertiary/aromatic N) is 6. The van der Waals surface area contributed by atoms with Gasteiger partial charge in [-0.2, -0.15) is 5.71 Å². The van der Waals surface area contributed by atoms with Gasteiger partial charge in [-0.05, 0) is 132 Å². The average molecular weight is 1050 g/mol. The minimum absolute atomic E-state index is 0. The number of rotatable bonds is 5. The first-order chi connectivity index (χ1) is 35.7. The van der Waals surface area contributed by atoms with Gasteiger partial charge in [0.15, 0.2) is 0 Å². The molecule has 12 rings (SSSR count). The van der Waals surface area contributed by atoms with Crippen molar-refractivity contribution in [1.82, 2.24) is 19.9 Å². The number of aryl methyl sites for hydroxylation is 2. The number of hydrogen-bond donors (Lipinski definition) is 1. The number of benzene rings is 6. The van der Waals surface area contributed by atoms with Crippen LogP contribution in [0.15, 0.2) is 222 Å². The van der Waals surface area contributed by atoms with Crippen LogP contribution in [0.25, 0.3) is 96.3 Å². The van der Waals surface area contributed by atoms with Crippen LogP contribution >= 0.6 is 0 Å². The number of aromatic hydroxyl groups is 1. The zero-order valence-corrected chi connectivity index (χ0v) is 43.2. The summed E-state index contributed by atoms with van der Waals surface area (Å²) in [5.41, 5.74) is 21.3. The first kappa shape index (κ1) is 50.1. The largest absolute Gasteiger partial charge is 3.00 e. The summed E-state index contributed by atoms with van der Waals surface area (Å²) in [7, 11) is 0. The second-order valence-electron chi connectivity index (χ2n) is 17.9. The standard InChI is InChI=1S/C44H28N4.C16H17N2.C6H6O.Ru/c1-5-13-29(14-6-1)41-33-21-23-35(45-33)42(30-15-7-2-8-16-30)37-25-27-39(47-37)44(32-19-11-4-12-20-32)40-28-26-38(48-40)43(31-17-9-3-10-18-31)36-24-22-34(41)46-36;1-10-6-5-7-11(2)16(10)18-14-8-12(3)15(17)13(4)9-14;7-6-4-2-1-3-5-6;/h1-28H;5-9H,1-4H3;1-5,7H;/q-2;-1;;+3. The summed E-state index contributed by atoms with van der Waals surface area (Å²) in [6.45, 7) is 7.91.